The van der Waals surface area contributed by atoms with E-state index >= 15 is 0 Å². The Hall–Kier alpha value is -0.0800. The molecule has 0 aromatic heterocycles. The first kappa shape index (κ1) is 11.4. The zero-order chi connectivity index (χ0) is 10.7. The first-order valence-corrected chi connectivity index (χ1v) is 6.53. The van der Waals surface area contributed by atoms with Gasteiger partial charge in [-0.15, -0.1) is 0 Å². The van der Waals surface area contributed by atoms with Crippen LogP contribution in [0.25, 0.3) is 0 Å². The van der Waals surface area contributed by atoms with Crippen LogP contribution in [0.15, 0.2) is 0 Å². The Morgan fingerprint density at radius 2 is 2.00 bits per heavy atom. The van der Waals surface area contributed by atoms with Gasteiger partial charge in [0.15, 0.2) is 0 Å². The quantitative estimate of drug-likeness (QED) is 0.728. The van der Waals surface area contributed by atoms with Gasteiger partial charge in [-0.3, -0.25) is 0 Å². The first-order chi connectivity index (χ1) is 7.24. The van der Waals surface area contributed by atoms with Crippen molar-refractivity contribution < 1.29 is 5.11 Å². The highest BCUT2D eigenvalue weighted by Gasteiger charge is 2.37. The van der Waals surface area contributed by atoms with Crippen molar-refractivity contribution in [3.05, 3.63) is 0 Å². The van der Waals surface area contributed by atoms with Gasteiger partial charge in [-0.2, -0.15) is 0 Å². The molecule has 0 spiro atoms. The normalized spacial score (nSPS) is 25.0. The molecule has 0 amide bonds. The molecule has 1 N–H and O–H groups in total. The minimum Gasteiger partial charge on any atom is -0.396 e. The van der Waals surface area contributed by atoms with E-state index in [-0.39, 0.29) is 5.41 Å². The molecule has 2 saturated carbocycles. The zero-order valence-electron chi connectivity index (χ0n) is 10.0. The summed E-state index contributed by atoms with van der Waals surface area (Å²) in [5.74, 6) is 1.01. The van der Waals surface area contributed by atoms with Crippen LogP contribution in [0.1, 0.15) is 44.9 Å². The molecule has 2 rings (SSSR count). The lowest BCUT2D eigenvalue weighted by Gasteiger charge is -2.43. The maximum Gasteiger partial charge on any atom is 0.0499 e. The second kappa shape index (κ2) is 4.84. The average Bonchev–Trinajstić information content (AvgIpc) is 2.09. The van der Waals surface area contributed by atoms with Gasteiger partial charge in [0, 0.05) is 18.6 Å². The van der Waals surface area contributed by atoms with E-state index in [1.807, 2.05) is 0 Å². The standard InChI is InChI=1S/C13H25NO/c1-14(9-6-12-4-2-5-12)10-13(11-15)7-3-8-13/h12,15H,2-11H2,1H3. The summed E-state index contributed by atoms with van der Waals surface area (Å²) in [6.45, 7) is 2.73. The van der Waals surface area contributed by atoms with E-state index in [0.29, 0.717) is 6.61 Å². The molecule has 0 aromatic carbocycles. The lowest BCUT2D eigenvalue weighted by atomic mass is 9.69. The van der Waals surface area contributed by atoms with E-state index in [1.54, 1.807) is 0 Å². The van der Waals surface area contributed by atoms with E-state index in [1.165, 1.54) is 51.5 Å². The molecular weight excluding hydrogens is 186 g/mol. The third kappa shape index (κ3) is 2.73. The third-order valence-corrected chi connectivity index (χ3v) is 4.50. The fourth-order valence-corrected chi connectivity index (χ4v) is 2.88. The topological polar surface area (TPSA) is 23.5 Å². The largest absolute Gasteiger partial charge is 0.396 e. The Balaban J connectivity index is 1.64. The Morgan fingerprint density at radius 3 is 2.40 bits per heavy atom. The van der Waals surface area contributed by atoms with Crippen LogP contribution in [0.4, 0.5) is 0 Å². The van der Waals surface area contributed by atoms with Crippen LogP contribution >= 0.6 is 0 Å². The summed E-state index contributed by atoms with van der Waals surface area (Å²) in [4.78, 5) is 2.44. The van der Waals surface area contributed by atoms with Gasteiger partial charge in [0.2, 0.25) is 0 Å². The molecule has 0 atom stereocenters. The molecule has 0 unspecified atom stereocenters. The predicted molar refractivity (Wildman–Crippen MR) is 62.8 cm³/mol. The van der Waals surface area contributed by atoms with Crippen LogP contribution in [0.5, 0.6) is 0 Å². The van der Waals surface area contributed by atoms with Crippen molar-refractivity contribution in [3.8, 4) is 0 Å². The molecule has 2 heteroatoms. The van der Waals surface area contributed by atoms with Crippen LogP contribution in [-0.4, -0.2) is 36.8 Å². The number of aliphatic hydroxyl groups excluding tert-OH is 1. The molecule has 0 bridgehead atoms. The Bertz CT molecular complexity index is 191. The molecule has 0 radical (unpaired) electrons. The van der Waals surface area contributed by atoms with Gasteiger partial charge in [-0.1, -0.05) is 25.7 Å². The summed E-state index contributed by atoms with van der Waals surface area (Å²) in [6, 6.07) is 0. The summed E-state index contributed by atoms with van der Waals surface area (Å²) in [5.41, 5.74) is 0.272. The number of hydrogen-bond acceptors (Lipinski definition) is 2. The van der Waals surface area contributed by atoms with E-state index in [4.69, 9.17) is 0 Å². The molecule has 0 saturated heterocycles. The lowest BCUT2D eigenvalue weighted by Crippen LogP contribution is -2.44. The highest BCUT2D eigenvalue weighted by Crippen LogP contribution is 2.41. The predicted octanol–water partition coefficient (Wildman–Crippen LogP) is 2.27. The van der Waals surface area contributed by atoms with Crippen molar-refractivity contribution in [2.45, 2.75) is 44.9 Å². The monoisotopic (exact) mass is 211 g/mol. The molecule has 2 nitrogen and oxygen atoms in total. The van der Waals surface area contributed by atoms with Gasteiger partial charge >= 0.3 is 0 Å². The minimum absolute atomic E-state index is 0.272. The zero-order valence-corrected chi connectivity index (χ0v) is 10.0. The van der Waals surface area contributed by atoms with Crippen molar-refractivity contribution in [3.63, 3.8) is 0 Å². The summed E-state index contributed by atoms with van der Waals surface area (Å²) in [5, 5.41) is 9.39. The molecule has 2 aliphatic rings. The van der Waals surface area contributed by atoms with Crippen LogP contribution in [-0.2, 0) is 0 Å². The van der Waals surface area contributed by atoms with E-state index in [9.17, 15) is 5.11 Å². The van der Waals surface area contributed by atoms with Crippen molar-refractivity contribution in [1.82, 2.24) is 4.90 Å². The number of aliphatic hydroxyl groups is 1. The molecule has 2 aliphatic carbocycles. The van der Waals surface area contributed by atoms with Crippen LogP contribution in [0.2, 0.25) is 0 Å². The third-order valence-electron chi connectivity index (χ3n) is 4.50. The van der Waals surface area contributed by atoms with Crippen LogP contribution in [0, 0.1) is 11.3 Å². The summed E-state index contributed by atoms with van der Waals surface area (Å²) in [7, 11) is 2.22. The number of nitrogens with zero attached hydrogens (tertiary/aromatic N) is 1. The van der Waals surface area contributed by atoms with Gasteiger partial charge in [-0.05, 0) is 38.8 Å². The van der Waals surface area contributed by atoms with Crippen molar-refractivity contribution in [1.29, 1.82) is 0 Å². The lowest BCUT2D eigenvalue weighted by molar-refractivity contribution is 0.0127. The maximum atomic E-state index is 9.39. The summed E-state index contributed by atoms with van der Waals surface area (Å²) in [6.07, 6.45) is 9.52. The number of rotatable bonds is 6. The van der Waals surface area contributed by atoms with Crippen molar-refractivity contribution in [2.75, 3.05) is 26.7 Å². The fourth-order valence-electron chi connectivity index (χ4n) is 2.88. The molecule has 0 aromatic rings. The second-order valence-electron chi connectivity index (χ2n) is 5.84. The molecular formula is C13H25NO. The van der Waals surface area contributed by atoms with Gasteiger partial charge < -0.3 is 10.0 Å². The van der Waals surface area contributed by atoms with Crippen molar-refractivity contribution in [2.24, 2.45) is 11.3 Å². The molecule has 2 fully saturated rings. The van der Waals surface area contributed by atoms with Crippen molar-refractivity contribution >= 4 is 0 Å². The minimum atomic E-state index is 0.272. The SMILES string of the molecule is CN(CCC1CCC1)CC1(CO)CCC1. The molecule has 0 aliphatic heterocycles. The van der Waals surface area contributed by atoms with Gasteiger partial charge in [0.05, 0.1) is 0 Å². The Morgan fingerprint density at radius 1 is 1.27 bits per heavy atom. The van der Waals surface area contributed by atoms with E-state index < -0.39 is 0 Å². The maximum absolute atomic E-state index is 9.39. The smallest absolute Gasteiger partial charge is 0.0499 e. The van der Waals surface area contributed by atoms with Gasteiger partial charge in [0.25, 0.3) is 0 Å². The molecule has 0 heterocycles. The highest BCUT2D eigenvalue weighted by atomic mass is 16.3. The molecule has 15 heavy (non-hydrogen) atoms. The Labute approximate surface area is 93.7 Å². The van der Waals surface area contributed by atoms with E-state index in [0.717, 1.165) is 12.5 Å². The molecule has 88 valence electrons. The first-order valence-electron chi connectivity index (χ1n) is 6.53. The van der Waals surface area contributed by atoms with Gasteiger partial charge in [-0.25, -0.2) is 0 Å². The van der Waals surface area contributed by atoms with Crippen LogP contribution in [0.3, 0.4) is 0 Å². The number of hydrogen-bond donors (Lipinski definition) is 1. The van der Waals surface area contributed by atoms with E-state index in [2.05, 4.69) is 11.9 Å². The Kier molecular flexibility index (Phi) is 3.68. The summed E-state index contributed by atoms with van der Waals surface area (Å²) >= 11 is 0. The van der Waals surface area contributed by atoms with Gasteiger partial charge in [0.1, 0.15) is 0 Å². The fraction of sp³-hybridized carbons (Fsp3) is 1.00. The second-order valence-corrected chi connectivity index (χ2v) is 5.84. The average molecular weight is 211 g/mol. The summed E-state index contributed by atoms with van der Waals surface area (Å²) < 4.78 is 0. The highest BCUT2D eigenvalue weighted by molar-refractivity contribution is 4.89. The van der Waals surface area contributed by atoms with Crippen LogP contribution < -0.4 is 0 Å².